The molecular weight excluding hydrogens is 306 g/mol. The normalized spacial score (nSPS) is 10.6. The minimum absolute atomic E-state index is 0.0548. The second-order valence-corrected chi connectivity index (χ2v) is 5.56. The van der Waals surface area contributed by atoms with E-state index in [2.05, 4.69) is 19.2 Å². The Bertz CT molecular complexity index is 710. The van der Waals surface area contributed by atoms with Gasteiger partial charge in [0.1, 0.15) is 12.1 Å². The van der Waals surface area contributed by atoms with Crippen LogP contribution in [0.25, 0.3) is 0 Å². The predicted octanol–water partition coefficient (Wildman–Crippen LogP) is 2.27. The molecule has 6 heteroatoms. The van der Waals surface area contributed by atoms with Crippen LogP contribution in [0, 0.1) is 10.1 Å². The van der Waals surface area contributed by atoms with Gasteiger partial charge in [-0.05, 0) is 32.0 Å². The molecule has 0 heterocycles. The van der Waals surface area contributed by atoms with Gasteiger partial charge in [-0.2, -0.15) is 0 Å². The van der Waals surface area contributed by atoms with Crippen molar-refractivity contribution in [2.75, 3.05) is 18.4 Å². The zero-order chi connectivity index (χ0) is 17.5. The second-order valence-electron chi connectivity index (χ2n) is 5.56. The Kier molecular flexibility index (Phi) is 6.03. The number of nitro groups is 1. The Hall–Kier alpha value is -2.73. The first-order chi connectivity index (χ1) is 11.5. The molecular formula is C18H22N3O3+. The lowest BCUT2D eigenvalue weighted by molar-refractivity contribution is -0.910. The third-order valence-electron chi connectivity index (χ3n) is 4.01. The first-order valence-corrected chi connectivity index (χ1v) is 8.02. The van der Waals surface area contributed by atoms with Gasteiger partial charge in [0.15, 0.2) is 0 Å². The molecule has 1 amide bonds. The molecule has 24 heavy (non-hydrogen) atoms. The molecule has 0 fully saturated rings. The Balaban J connectivity index is 2.09. The van der Waals surface area contributed by atoms with E-state index in [9.17, 15) is 14.9 Å². The molecule has 0 bridgehead atoms. The van der Waals surface area contributed by atoms with Crippen molar-refractivity contribution in [3.05, 3.63) is 69.8 Å². The molecule has 0 aromatic heterocycles. The van der Waals surface area contributed by atoms with E-state index in [-0.39, 0.29) is 11.3 Å². The van der Waals surface area contributed by atoms with Crippen LogP contribution in [0.4, 0.5) is 11.4 Å². The summed E-state index contributed by atoms with van der Waals surface area (Å²) in [5.41, 5.74) is 1.67. The number of hydrogen-bond donors (Lipinski definition) is 2. The first-order valence-electron chi connectivity index (χ1n) is 8.02. The number of quaternary nitrogens is 1. The number of para-hydroxylation sites is 1. The standard InChI is InChI=1S/C18H21N3O3/c1-3-20(4-2)13-14-9-11-15(12-10-14)19-18(22)16-7-5-6-8-17(16)21(23)24/h5-12H,3-4,13H2,1-2H3,(H,19,22)/p+1. The summed E-state index contributed by atoms with van der Waals surface area (Å²) in [6.45, 7) is 7.37. The topological polar surface area (TPSA) is 76.7 Å². The minimum Gasteiger partial charge on any atom is -0.332 e. The highest BCUT2D eigenvalue weighted by Crippen LogP contribution is 2.19. The minimum atomic E-state index is -0.551. The van der Waals surface area contributed by atoms with Crippen molar-refractivity contribution in [1.82, 2.24) is 0 Å². The molecule has 2 aromatic rings. The number of carbonyl (C=O) groups is 1. The molecule has 0 spiro atoms. The fourth-order valence-corrected chi connectivity index (χ4v) is 2.52. The summed E-state index contributed by atoms with van der Waals surface area (Å²) in [6.07, 6.45) is 0. The lowest BCUT2D eigenvalue weighted by Gasteiger charge is -2.15. The summed E-state index contributed by atoms with van der Waals surface area (Å²) in [5.74, 6) is -0.482. The summed E-state index contributed by atoms with van der Waals surface area (Å²) in [7, 11) is 0. The number of benzene rings is 2. The van der Waals surface area contributed by atoms with Crippen LogP contribution in [-0.2, 0) is 6.54 Å². The average Bonchev–Trinajstić information content (AvgIpc) is 2.61. The number of carbonyl (C=O) groups excluding carboxylic acids is 1. The number of rotatable bonds is 7. The third-order valence-corrected chi connectivity index (χ3v) is 4.01. The highest BCUT2D eigenvalue weighted by molar-refractivity contribution is 6.07. The van der Waals surface area contributed by atoms with Crippen LogP contribution in [0.2, 0.25) is 0 Å². The van der Waals surface area contributed by atoms with Crippen molar-refractivity contribution in [3.63, 3.8) is 0 Å². The van der Waals surface area contributed by atoms with Gasteiger partial charge in [0.25, 0.3) is 11.6 Å². The van der Waals surface area contributed by atoms with Crippen LogP contribution in [0.3, 0.4) is 0 Å². The zero-order valence-electron chi connectivity index (χ0n) is 13.9. The number of nitrogens with zero attached hydrogens (tertiary/aromatic N) is 1. The number of anilines is 1. The first kappa shape index (κ1) is 17.6. The lowest BCUT2D eigenvalue weighted by Crippen LogP contribution is -3.10. The molecule has 0 radical (unpaired) electrons. The Morgan fingerprint density at radius 1 is 1.08 bits per heavy atom. The molecule has 0 aliphatic carbocycles. The maximum Gasteiger partial charge on any atom is 0.282 e. The second kappa shape index (κ2) is 8.21. The zero-order valence-corrected chi connectivity index (χ0v) is 13.9. The Morgan fingerprint density at radius 3 is 2.29 bits per heavy atom. The number of amides is 1. The van der Waals surface area contributed by atoms with Crippen LogP contribution in [0.5, 0.6) is 0 Å². The number of hydrogen-bond acceptors (Lipinski definition) is 3. The quantitative estimate of drug-likeness (QED) is 0.605. The van der Waals surface area contributed by atoms with Crippen molar-refractivity contribution in [3.8, 4) is 0 Å². The maximum atomic E-state index is 12.3. The summed E-state index contributed by atoms with van der Waals surface area (Å²) >= 11 is 0. The van der Waals surface area contributed by atoms with Gasteiger partial charge in [-0.25, -0.2) is 0 Å². The molecule has 0 unspecified atom stereocenters. The van der Waals surface area contributed by atoms with E-state index in [0.29, 0.717) is 5.69 Å². The van der Waals surface area contributed by atoms with Gasteiger partial charge in [-0.15, -0.1) is 0 Å². The van der Waals surface area contributed by atoms with Gasteiger partial charge < -0.3 is 10.2 Å². The molecule has 0 atom stereocenters. The van der Waals surface area contributed by atoms with Gasteiger partial charge >= 0.3 is 0 Å². The number of nitrogens with one attached hydrogen (secondary N) is 2. The molecule has 0 aliphatic rings. The number of nitro benzene ring substituents is 1. The fourth-order valence-electron chi connectivity index (χ4n) is 2.52. The van der Waals surface area contributed by atoms with E-state index in [0.717, 1.165) is 19.6 Å². The smallest absolute Gasteiger partial charge is 0.282 e. The molecule has 0 aliphatic heterocycles. The third kappa shape index (κ3) is 4.39. The van der Waals surface area contributed by atoms with Crippen LogP contribution < -0.4 is 10.2 Å². The van der Waals surface area contributed by atoms with E-state index in [1.54, 1.807) is 12.1 Å². The van der Waals surface area contributed by atoms with Crippen LogP contribution in [0.15, 0.2) is 48.5 Å². The molecule has 0 saturated heterocycles. The summed E-state index contributed by atoms with van der Waals surface area (Å²) in [5, 5.41) is 13.7. The van der Waals surface area contributed by atoms with Crippen molar-refractivity contribution in [2.24, 2.45) is 0 Å². The Labute approximate surface area is 141 Å². The van der Waals surface area contributed by atoms with Gasteiger partial charge in [0.2, 0.25) is 0 Å². The van der Waals surface area contributed by atoms with E-state index in [1.165, 1.54) is 22.6 Å². The van der Waals surface area contributed by atoms with Crippen molar-refractivity contribution in [2.45, 2.75) is 20.4 Å². The van der Waals surface area contributed by atoms with E-state index < -0.39 is 10.8 Å². The maximum absolute atomic E-state index is 12.3. The average molecular weight is 328 g/mol. The highest BCUT2D eigenvalue weighted by atomic mass is 16.6. The van der Waals surface area contributed by atoms with Crippen LogP contribution in [-0.4, -0.2) is 23.9 Å². The van der Waals surface area contributed by atoms with Gasteiger partial charge in [0.05, 0.1) is 18.0 Å². The SMILES string of the molecule is CC[NH+](CC)Cc1ccc(NC(=O)c2ccccc2[N+](=O)[O-])cc1. The van der Waals surface area contributed by atoms with Crippen LogP contribution in [0.1, 0.15) is 29.8 Å². The lowest BCUT2D eigenvalue weighted by atomic mass is 10.1. The summed E-state index contributed by atoms with van der Waals surface area (Å²) < 4.78 is 0. The molecule has 2 rings (SSSR count). The van der Waals surface area contributed by atoms with Gasteiger partial charge in [0, 0.05) is 17.3 Å². The fraction of sp³-hybridized carbons (Fsp3) is 0.278. The Morgan fingerprint density at radius 2 is 1.71 bits per heavy atom. The monoisotopic (exact) mass is 328 g/mol. The van der Waals surface area contributed by atoms with E-state index >= 15 is 0 Å². The van der Waals surface area contributed by atoms with Crippen molar-refractivity contribution >= 4 is 17.3 Å². The molecule has 126 valence electrons. The van der Waals surface area contributed by atoms with Crippen molar-refractivity contribution < 1.29 is 14.6 Å². The van der Waals surface area contributed by atoms with E-state index in [1.807, 2.05) is 24.3 Å². The van der Waals surface area contributed by atoms with Crippen LogP contribution >= 0.6 is 0 Å². The van der Waals surface area contributed by atoms with Gasteiger partial charge in [-0.3, -0.25) is 14.9 Å². The molecule has 0 saturated carbocycles. The molecule has 2 aromatic carbocycles. The molecule has 2 N–H and O–H groups in total. The van der Waals surface area contributed by atoms with E-state index in [4.69, 9.17) is 0 Å². The summed E-state index contributed by atoms with van der Waals surface area (Å²) in [6, 6.07) is 13.5. The predicted molar refractivity (Wildman–Crippen MR) is 93.2 cm³/mol. The van der Waals surface area contributed by atoms with Crippen molar-refractivity contribution in [1.29, 1.82) is 0 Å². The molecule has 6 nitrogen and oxygen atoms in total. The highest BCUT2D eigenvalue weighted by Gasteiger charge is 2.19. The van der Waals surface area contributed by atoms with Gasteiger partial charge in [-0.1, -0.05) is 24.3 Å². The summed E-state index contributed by atoms with van der Waals surface area (Å²) in [4.78, 5) is 24.2. The largest absolute Gasteiger partial charge is 0.332 e.